The van der Waals surface area contributed by atoms with E-state index in [4.69, 9.17) is 16.3 Å². The normalized spacial score (nSPS) is 11.8. The fraction of sp³-hybridized carbons (Fsp3) is 0.188. The van der Waals surface area contributed by atoms with Crippen molar-refractivity contribution in [3.8, 4) is 5.75 Å². The van der Waals surface area contributed by atoms with Gasteiger partial charge in [0.2, 0.25) is 0 Å². The van der Waals surface area contributed by atoms with Crippen molar-refractivity contribution in [3.05, 3.63) is 57.5 Å². The van der Waals surface area contributed by atoms with Gasteiger partial charge in [-0.3, -0.25) is 4.79 Å². The van der Waals surface area contributed by atoms with Crippen LogP contribution in [0.25, 0.3) is 0 Å². The quantitative estimate of drug-likeness (QED) is 0.840. The highest BCUT2D eigenvalue weighted by molar-refractivity contribution is 9.10. The van der Waals surface area contributed by atoms with Crippen LogP contribution in [0.2, 0.25) is 5.02 Å². The number of halogens is 2. The first kappa shape index (κ1) is 15.9. The summed E-state index contributed by atoms with van der Waals surface area (Å²) in [5.41, 5.74) is 1.61. The van der Waals surface area contributed by atoms with E-state index in [1.807, 2.05) is 31.2 Å². The molecule has 3 nitrogen and oxygen atoms in total. The van der Waals surface area contributed by atoms with Crippen LogP contribution in [-0.2, 0) is 4.79 Å². The second-order valence-electron chi connectivity index (χ2n) is 4.64. The average molecular weight is 369 g/mol. The lowest BCUT2D eigenvalue weighted by Crippen LogP contribution is -2.30. The van der Waals surface area contributed by atoms with E-state index in [2.05, 4.69) is 21.2 Å². The molecular formula is C16H15BrClNO2. The summed E-state index contributed by atoms with van der Waals surface area (Å²) in [7, 11) is 0. The van der Waals surface area contributed by atoms with E-state index in [0.717, 1.165) is 10.0 Å². The second-order valence-corrected chi connectivity index (χ2v) is 5.93. The maximum Gasteiger partial charge on any atom is 0.265 e. The molecule has 1 N–H and O–H groups in total. The van der Waals surface area contributed by atoms with Crippen molar-refractivity contribution in [3.63, 3.8) is 0 Å². The number of benzene rings is 2. The third-order valence-corrected chi connectivity index (χ3v) is 3.87. The number of carbonyl (C=O) groups excluding carboxylic acids is 1. The van der Waals surface area contributed by atoms with Crippen molar-refractivity contribution in [2.45, 2.75) is 20.0 Å². The van der Waals surface area contributed by atoms with Gasteiger partial charge in [-0.25, -0.2) is 0 Å². The van der Waals surface area contributed by atoms with Crippen molar-refractivity contribution >= 4 is 39.1 Å². The molecule has 0 bridgehead atoms. The van der Waals surface area contributed by atoms with Crippen molar-refractivity contribution in [1.82, 2.24) is 0 Å². The molecule has 0 aliphatic carbocycles. The fourth-order valence-corrected chi connectivity index (χ4v) is 2.40. The molecule has 2 rings (SSSR count). The molecule has 0 fully saturated rings. The number of hydrogen-bond donors (Lipinski definition) is 1. The van der Waals surface area contributed by atoms with Gasteiger partial charge in [0.1, 0.15) is 5.75 Å². The lowest BCUT2D eigenvalue weighted by atomic mass is 10.2. The molecule has 0 spiro atoms. The van der Waals surface area contributed by atoms with E-state index in [-0.39, 0.29) is 5.91 Å². The number of nitrogens with one attached hydrogen (secondary N) is 1. The van der Waals surface area contributed by atoms with Gasteiger partial charge in [0.05, 0.1) is 5.69 Å². The predicted molar refractivity (Wildman–Crippen MR) is 89.1 cm³/mol. The fourth-order valence-electron chi connectivity index (χ4n) is 1.79. The number of para-hydroxylation sites is 1. The molecule has 1 amide bonds. The Balaban J connectivity index is 2.04. The van der Waals surface area contributed by atoms with Crippen LogP contribution in [0.4, 0.5) is 5.69 Å². The van der Waals surface area contributed by atoms with Gasteiger partial charge < -0.3 is 10.1 Å². The van der Waals surface area contributed by atoms with E-state index in [1.54, 1.807) is 25.1 Å². The number of anilines is 1. The highest BCUT2D eigenvalue weighted by atomic mass is 79.9. The molecule has 1 atom stereocenters. The Morgan fingerprint density at radius 1 is 1.29 bits per heavy atom. The molecule has 0 radical (unpaired) electrons. The molecule has 2 aromatic rings. The predicted octanol–water partition coefficient (Wildman–Crippen LogP) is 4.82. The van der Waals surface area contributed by atoms with Crippen LogP contribution in [0.3, 0.4) is 0 Å². The van der Waals surface area contributed by atoms with Gasteiger partial charge >= 0.3 is 0 Å². The first-order valence-corrected chi connectivity index (χ1v) is 7.62. The number of hydrogen-bond acceptors (Lipinski definition) is 2. The van der Waals surface area contributed by atoms with Crippen LogP contribution in [0.15, 0.2) is 46.9 Å². The summed E-state index contributed by atoms with van der Waals surface area (Å²) in [6.07, 6.45) is -0.614. The largest absolute Gasteiger partial charge is 0.481 e. The summed E-state index contributed by atoms with van der Waals surface area (Å²) in [5, 5.41) is 3.47. The summed E-state index contributed by atoms with van der Waals surface area (Å²) >= 11 is 9.29. The summed E-state index contributed by atoms with van der Waals surface area (Å²) in [6, 6.07) is 12.7. The van der Waals surface area contributed by atoms with Crippen molar-refractivity contribution < 1.29 is 9.53 Å². The number of aryl methyl sites for hydroxylation is 1. The third-order valence-electron chi connectivity index (χ3n) is 2.94. The smallest absolute Gasteiger partial charge is 0.265 e. The Morgan fingerprint density at radius 3 is 2.67 bits per heavy atom. The Kier molecular flexibility index (Phi) is 5.26. The summed E-state index contributed by atoms with van der Waals surface area (Å²) < 4.78 is 6.52. The minimum absolute atomic E-state index is 0.212. The van der Waals surface area contributed by atoms with E-state index >= 15 is 0 Å². The molecular weight excluding hydrogens is 354 g/mol. The highest BCUT2D eigenvalue weighted by Crippen LogP contribution is 2.24. The number of ether oxygens (including phenoxy) is 1. The SMILES string of the molecule is Cc1cc(Cl)ccc1O[C@@H](C)C(=O)Nc1ccccc1Br. The molecule has 0 saturated heterocycles. The van der Waals surface area contributed by atoms with Crippen molar-refractivity contribution in [2.75, 3.05) is 5.32 Å². The lowest BCUT2D eigenvalue weighted by Gasteiger charge is -2.17. The minimum Gasteiger partial charge on any atom is -0.481 e. The summed E-state index contributed by atoms with van der Waals surface area (Å²) in [4.78, 5) is 12.2. The van der Waals surface area contributed by atoms with Gasteiger partial charge in [-0.1, -0.05) is 23.7 Å². The topological polar surface area (TPSA) is 38.3 Å². The van der Waals surface area contributed by atoms with Gasteiger partial charge in [-0.05, 0) is 65.7 Å². The molecule has 0 aliphatic heterocycles. The van der Waals surface area contributed by atoms with E-state index in [9.17, 15) is 4.79 Å². The summed E-state index contributed by atoms with van der Waals surface area (Å²) in [6.45, 7) is 3.60. The Hall–Kier alpha value is -1.52. The zero-order chi connectivity index (χ0) is 15.4. The standard InChI is InChI=1S/C16H15BrClNO2/c1-10-9-12(18)7-8-15(10)21-11(2)16(20)19-14-6-4-3-5-13(14)17/h3-9,11H,1-2H3,(H,19,20)/t11-/m0/s1. The van der Waals surface area contributed by atoms with E-state index in [1.165, 1.54) is 0 Å². The lowest BCUT2D eigenvalue weighted by molar-refractivity contribution is -0.122. The number of rotatable bonds is 4. The monoisotopic (exact) mass is 367 g/mol. The first-order chi connectivity index (χ1) is 9.97. The van der Waals surface area contributed by atoms with Crippen LogP contribution in [0, 0.1) is 6.92 Å². The Morgan fingerprint density at radius 2 is 2.00 bits per heavy atom. The van der Waals surface area contributed by atoms with Crippen LogP contribution in [0.5, 0.6) is 5.75 Å². The summed E-state index contributed by atoms with van der Waals surface area (Å²) in [5.74, 6) is 0.436. The molecule has 0 heterocycles. The van der Waals surface area contributed by atoms with Gasteiger partial charge in [0.25, 0.3) is 5.91 Å². The second kappa shape index (κ2) is 6.96. The van der Waals surface area contributed by atoms with Crippen LogP contribution in [0.1, 0.15) is 12.5 Å². The maximum atomic E-state index is 12.2. The molecule has 5 heteroatoms. The molecule has 0 aliphatic rings. The number of carbonyl (C=O) groups is 1. The first-order valence-electron chi connectivity index (χ1n) is 6.45. The van der Waals surface area contributed by atoms with Gasteiger partial charge in [0, 0.05) is 9.50 Å². The van der Waals surface area contributed by atoms with Gasteiger partial charge in [0.15, 0.2) is 6.10 Å². The number of amides is 1. The van der Waals surface area contributed by atoms with E-state index < -0.39 is 6.10 Å². The highest BCUT2D eigenvalue weighted by Gasteiger charge is 2.16. The zero-order valence-corrected chi connectivity index (χ0v) is 14.0. The molecule has 110 valence electrons. The van der Waals surface area contributed by atoms with Gasteiger partial charge in [-0.15, -0.1) is 0 Å². The molecule has 0 unspecified atom stereocenters. The average Bonchev–Trinajstić information content (AvgIpc) is 2.44. The Labute approximate surface area is 137 Å². The van der Waals surface area contributed by atoms with Gasteiger partial charge in [-0.2, -0.15) is 0 Å². The Bertz CT molecular complexity index is 660. The van der Waals surface area contributed by atoms with Crippen LogP contribution < -0.4 is 10.1 Å². The minimum atomic E-state index is -0.614. The third kappa shape index (κ3) is 4.22. The van der Waals surface area contributed by atoms with Crippen molar-refractivity contribution in [2.24, 2.45) is 0 Å². The zero-order valence-electron chi connectivity index (χ0n) is 11.7. The molecule has 0 saturated carbocycles. The molecule has 2 aromatic carbocycles. The van der Waals surface area contributed by atoms with E-state index in [0.29, 0.717) is 16.5 Å². The molecule has 0 aromatic heterocycles. The van der Waals surface area contributed by atoms with Crippen LogP contribution in [-0.4, -0.2) is 12.0 Å². The van der Waals surface area contributed by atoms with Crippen molar-refractivity contribution in [1.29, 1.82) is 0 Å². The molecule has 21 heavy (non-hydrogen) atoms. The maximum absolute atomic E-state index is 12.2. The van der Waals surface area contributed by atoms with Crippen LogP contribution >= 0.6 is 27.5 Å².